The molecule has 122 valence electrons. The van der Waals surface area contributed by atoms with Crippen molar-refractivity contribution in [3.8, 4) is 0 Å². The maximum atomic E-state index is 12.2. The van der Waals surface area contributed by atoms with Crippen molar-refractivity contribution >= 4 is 33.8 Å². The van der Waals surface area contributed by atoms with Crippen LogP contribution in [-0.2, 0) is 0 Å². The zero-order valence-corrected chi connectivity index (χ0v) is 15.1. The molecule has 2 heterocycles. The van der Waals surface area contributed by atoms with Crippen LogP contribution in [0, 0.1) is 12.1 Å². The lowest BCUT2D eigenvalue weighted by Gasteiger charge is -2.36. The van der Waals surface area contributed by atoms with Gasteiger partial charge in [-0.15, -0.1) is 0 Å². The third-order valence-electron chi connectivity index (χ3n) is 3.47. The second-order valence-corrected chi connectivity index (χ2v) is 6.35. The third-order valence-corrected chi connectivity index (χ3v) is 4.04. The Morgan fingerprint density at radius 3 is 2.77 bits per heavy atom. The lowest BCUT2D eigenvalue weighted by atomic mass is 10.2. The summed E-state index contributed by atoms with van der Waals surface area (Å²) in [6, 6.07) is 0. The van der Waals surface area contributed by atoms with Gasteiger partial charge in [-0.25, -0.2) is 15.2 Å². The Bertz CT molecular complexity index is 563. The van der Waals surface area contributed by atoms with Crippen LogP contribution >= 0.6 is 15.9 Å². The third kappa shape index (κ3) is 3.75. The van der Waals surface area contributed by atoms with E-state index in [9.17, 15) is 5.21 Å². The van der Waals surface area contributed by atoms with Crippen LogP contribution in [0.25, 0.3) is 6.08 Å². The average molecular weight is 371 g/mol. The van der Waals surface area contributed by atoms with Gasteiger partial charge in [0.1, 0.15) is 0 Å². The first-order valence-corrected chi connectivity index (χ1v) is 8.19. The number of halogens is 1. The first-order chi connectivity index (χ1) is 10.4. The van der Waals surface area contributed by atoms with Crippen molar-refractivity contribution in [2.45, 2.75) is 20.3 Å². The summed E-state index contributed by atoms with van der Waals surface area (Å²) in [5.41, 5.74) is 1.76. The molecule has 0 aliphatic carbocycles. The first-order valence-electron chi connectivity index (χ1n) is 7.40. The van der Waals surface area contributed by atoms with Crippen molar-refractivity contribution in [1.82, 2.24) is 14.9 Å². The number of anilines is 2. The summed E-state index contributed by atoms with van der Waals surface area (Å²) in [7, 11) is 4.10. The molecule has 0 saturated carbocycles. The summed E-state index contributed by atoms with van der Waals surface area (Å²) in [6.45, 7) is 6.26. The second kappa shape index (κ2) is 7.36. The van der Waals surface area contributed by atoms with E-state index in [4.69, 9.17) is 0 Å². The number of hydrogen-bond acceptors (Lipinski definition) is 6. The normalized spacial score (nSPS) is 17.5. The van der Waals surface area contributed by atoms with Crippen LogP contribution in [0.3, 0.4) is 0 Å². The van der Waals surface area contributed by atoms with E-state index in [2.05, 4.69) is 50.2 Å². The standard InChI is InChI=1S/C14H23BrN6O/c1-5-20-13-11(9-12(15)21(20)22)10(2)17-14(18-13)16-7-6-8-19(3)4/h9,21H,5-8H2,1-4H3,(H,16,17,18). The molecule has 8 heteroatoms. The van der Waals surface area contributed by atoms with Gasteiger partial charge in [0.2, 0.25) is 5.95 Å². The Morgan fingerprint density at radius 2 is 2.14 bits per heavy atom. The van der Waals surface area contributed by atoms with Gasteiger partial charge in [-0.05, 0) is 40.9 Å². The Morgan fingerprint density at radius 1 is 1.41 bits per heavy atom. The van der Waals surface area contributed by atoms with Crippen molar-refractivity contribution in [1.29, 1.82) is 0 Å². The number of nitrogens with zero attached hydrogens (tertiary/aromatic N) is 4. The largest absolute Gasteiger partial charge is 0.602 e. The van der Waals surface area contributed by atoms with Gasteiger partial charge in [0.25, 0.3) is 0 Å². The average Bonchev–Trinajstić information content (AvgIpc) is 2.46. The Labute approximate surface area is 139 Å². The van der Waals surface area contributed by atoms with Crippen LogP contribution in [0.15, 0.2) is 4.61 Å². The minimum atomic E-state index is -0.0633. The summed E-state index contributed by atoms with van der Waals surface area (Å²) in [5.74, 6) is 1.26. The molecule has 1 aliphatic rings. The van der Waals surface area contributed by atoms with Crippen LogP contribution in [-0.4, -0.2) is 48.6 Å². The smallest absolute Gasteiger partial charge is 0.225 e. The topological polar surface area (TPSA) is 71.8 Å². The molecule has 1 aliphatic heterocycles. The van der Waals surface area contributed by atoms with Crippen molar-refractivity contribution in [2.24, 2.45) is 0 Å². The Balaban J connectivity index is 2.20. The molecule has 7 nitrogen and oxygen atoms in total. The zero-order chi connectivity index (χ0) is 16.3. The highest BCUT2D eigenvalue weighted by Gasteiger charge is 2.27. The number of nitrogens with one attached hydrogen (secondary N) is 2. The minimum Gasteiger partial charge on any atom is -0.602 e. The number of rotatable bonds is 6. The van der Waals surface area contributed by atoms with Crippen molar-refractivity contribution in [3.63, 3.8) is 0 Å². The van der Waals surface area contributed by atoms with Crippen molar-refractivity contribution < 1.29 is 5.17 Å². The molecule has 22 heavy (non-hydrogen) atoms. The molecule has 1 atom stereocenters. The molecule has 1 unspecified atom stereocenters. The highest BCUT2D eigenvalue weighted by atomic mass is 79.9. The number of quaternary nitrogens is 1. The van der Waals surface area contributed by atoms with Crippen LogP contribution < -0.4 is 15.5 Å². The summed E-state index contributed by atoms with van der Waals surface area (Å²) in [5, 5.41) is 17.0. The van der Waals surface area contributed by atoms with Gasteiger partial charge in [0, 0.05) is 28.6 Å². The molecule has 0 aromatic carbocycles. The highest BCUT2D eigenvalue weighted by molar-refractivity contribution is 9.11. The molecule has 1 aromatic rings. The first kappa shape index (κ1) is 17.1. The molecule has 0 saturated heterocycles. The van der Waals surface area contributed by atoms with Gasteiger partial charge < -0.3 is 15.4 Å². The fraction of sp³-hybridized carbons (Fsp3) is 0.571. The van der Waals surface area contributed by atoms with E-state index in [1.807, 2.05) is 13.8 Å². The summed E-state index contributed by atoms with van der Waals surface area (Å²) in [4.78, 5) is 11.2. The molecular formula is C14H23BrN6O. The fourth-order valence-electron chi connectivity index (χ4n) is 2.32. The van der Waals surface area contributed by atoms with Crippen LogP contribution in [0.2, 0.25) is 0 Å². The van der Waals surface area contributed by atoms with Crippen LogP contribution in [0.5, 0.6) is 0 Å². The molecule has 0 fully saturated rings. The van der Waals surface area contributed by atoms with E-state index in [0.29, 0.717) is 22.9 Å². The molecule has 0 bridgehead atoms. The molecule has 0 amide bonds. The summed E-state index contributed by atoms with van der Waals surface area (Å²) >= 11 is 3.32. The maximum absolute atomic E-state index is 12.2. The molecule has 2 rings (SSSR count). The summed E-state index contributed by atoms with van der Waals surface area (Å²) < 4.78 is 0.542. The predicted octanol–water partition coefficient (Wildman–Crippen LogP) is 0.980. The van der Waals surface area contributed by atoms with Gasteiger partial charge in [-0.2, -0.15) is 4.98 Å². The quantitative estimate of drug-likeness (QED) is 0.441. The maximum Gasteiger partial charge on any atom is 0.225 e. The number of aromatic nitrogens is 2. The summed E-state index contributed by atoms with van der Waals surface area (Å²) in [6.07, 6.45) is 2.81. The van der Waals surface area contributed by atoms with Crippen molar-refractivity contribution in [2.75, 3.05) is 44.1 Å². The van der Waals surface area contributed by atoms with Crippen LogP contribution in [0.1, 0.15) is 24.6 Å². The molecule has 2 N–H and O–H groups in total. The van der Waals surface area contributed by atoms with Gasteiger partial charge in [-0.1, -0.05) is 0 Å². The Kier molecular flexibility index (Phi) is 5.74. The molecule has 1 aromatic heterocycles. The lowest BCUT2D eigenvalue weighted by molar-refractivity contribution is -0.806. The van der Waals surface area contributed by atoms with E-state index >= 15 is 0 Å². The lowest BCUT2D eigenvalue weighted by Crippen LogP contribution is -3.13. The number of aryl methyl sites for hydroxylation is 1. The second-order valence-electron chi connectivity index (χ2n) is 5.50. The SMILES string of the molecule is CCN1c2nc(NCCCN(C)C)nc(C)c2C=C(Br)[NH+]1[O-]. The molecular weight excluding hydrogens is 348 g/mol. The van der Waals surface area contributed by atoms with E-state index in [1.165, 1.54) is 0 Å². The zero-order valence-electron chi connectivity index (χ0n) is 13.5. The molecule has 0 radical (unpaired) electrons. The van der Waals surface area contributed by atoms with Gasteiger partial charge in [0.05, 0.1) is 17.8 Å². The van der Waals surface area contributed by atoms with Gasteiger partial charge in [0.15, 0.2) is 10.4 Å². The van der Waals surface area contributed by atoms with E-state index in [0.717, 1.165) is 30.8 Å². The van der Waals surface area contributed by atoms with Crippen molar-refractivity contribution in [3.05, 3.63) is 21.1 Å². The monoisotopic (exact) mass is 370 g/mol. The highest BCUT2D eigenvalue weighted by Crippen LogP contribution is 2.26. The van der Waals surface area contributed by atoms with E-state index < -0.39 is 0 Å². The predicted molar refractivity (Wildman–Crippen MR) is 92.7 cm³/mol. The number of fused-ring (bicyclic) bond motifs is 1. The number of hydroxylamine groups is 1. The van der Waals surface area contributed by atoms with Gasteiger partial charge in [-0.3, -0.25) is 0 Å². The van der Waals surface area contributed by atoms with Gasteiger partial charge >= 0.3 is 0 Å². The Hall–Kier alpha value is -1.22. The number of hydrogen-bond donors (Lipinski definition) is 2. The van der Waals surface area contributed by atoms with Crippen LogP contribution in [0.4, 0.5) is 11.8 Å². The van der Waals surface area contributed by atoms with E-state index in [1.54, 1.807) is 11.1 Å². The fourth-order valence-corrected chi connectivity index (χ4v) is 2.77. The minimum absolute atomic E-state index is 0.0633. The van der Waals surface area contributed by atoms with E-state index in [-0.39, 0.29) is 5.17 Å². The molecule has 0 spiro atoms.